The summed E-state index contributed by atoms with van der Waals surface area (Å²) in [6.07, 6.45) is 3.75. The molecule has 0 aliphatic heterocycles. The Bertz CT molecular complexity index is 497. The number of hydrogen-bond acceptors (Lipinski definition) is 6. The molecule has 0 fully saturated rings. The van der Waals surface area contributed by atoms with Crippen molar-refractivity contribution in [2.45, 2.75) is 84.2 Å². The number of esters is 2. The highest BCUT2D eigenvalue weighted by molar-refractivity contribution is 5.87. The molecule has 3 N–H and O–H groups in total. The summed E-state index contributed by atoms with van der Waals surface area (Å²) in [6, 6.07) is -2.68. The number of carboxylic acids is 1. The zero-order chi connectivity index (χ0) is 21.4. The summed E-state index contributed by atoms with van der Waals surface area (Å²) >= 11 is 0. The third-order valence-corrected chi connectivity index (χ3v) is 3.89. The largest absolute Gasteiger partial charge is 0.481 e. The molecule has 0 spiro atoms. The summed E-state index contributed by atoms with van der Waals surface area (Å²) in [5, 5.41) is 13.8. The second kappa shape index (κ2) is 15.7. The van der Waals surface area contributed by atoms with Crippen LogP contribution in [0.5, 0.6) is 0 Å². The summed E-state index contributed by atoms with van der Waals surface area (Å²) in [4.78, 5) is 47.3. The van der Waals surface area contributed by atoms with Gasteiger partial charge in [0, 0.05) is 6.42 Å². The van der Waals surface area contributed by atoms with Crippen molar-refractivity contribution in [1.29, 1.82) is 0 Å². The molecule has 9 heteroatoms. The molecule has 2 atom stereocenters. The van der Waals surface area contributed by atoms with Gasteiger partial charge in [0.25, 0.3) is 0 Å². The van der Waals surface area contributed by atoms with Gasteiger partial charge in [-0.2, -0.15) is 0 Å². The standard InChI is InChI=1S/C19H34N2O7/c1-4-7-12-27-17(24)14(9-6-3)20-19(26)21-15(10-11-16(22)23)18(25)28-13-8-5-2/h14-15H,4-13H2,1-3H3,(H,22,23)(H2,20,21,26)/t14-,15-/m0/s1. The Balaban J connectivity index is 4.82. The quantitative estimate of drug-likeness (QED) is 0.283. The van der Waals surface area contributed by atoms with Crippen LogP contribution >= 0.6 is 0 Å². The summed E-state index contributed by atoms with van der Waals surface area (Å²) in [5.41, 5.74) is 0. The van der Waals surface area contributed by atoms with Crippen molar-refractivity contribution in [2.24, 2.45) is 0 Å². The first kappa shape index (κ1) is 25.7. The molecule has 0 aliphatic carbocycles. The van der Waals surface area contributed by atoms with E-state index in [9.17, 15) is 19.2 Å². The predicted octanol–water partition coefficient (Wildman–Crippen LogP) is 2.37. The summed E-state index contributed by atoms with van der Waals surface area (Å²) < 4.78 is 10.2. The molecule has 0 aromatic rings. The smallest absolute Gasteiger partial charge is 0.328 e. The van der Waals surface area contributed by atoms with Gasteiger partial charge in [0.1, 0.15) is 12.1 Å². The van der Waals surface area contributed by atoms with Crippen LogP contribution in [0.1, 0.15) is 72.1 Å². The van der Waals surface area contributed by atoms with Gasteiger partial charge in [-0.05, 0) is 25.7 Å². The average molecular weight is 402 g/mol. The summed E-state index contributed by atoms with van der Waals surface area (Å²) in [6.45, 7) is 6.26. The van der Waals surface area contributed by atoms with E-state index in [1.807, 2.05) is 20.8 Å². The van der Waals surface area contributed by atoms with Crippen LogP contribution in [0.3, 0.4) is 0 Å². The molecule has 0 aliphatic rings. The third kappa shape index (κ3) is 12.1. The molecule has 0 heterocycles. The third-order valence-electron chi connectivity index (χ3n) is 3.89. The van der Waals surface area contributed by atoms with Crippen LogP contribution in [0.15, 0.2) is 0 Å². The molecule has 0 unspecified atom stereocenters. The Kier molecular flexibility index (Phi) is 14.4. The number of ether oxygens (including phenoxy) is 2. The van der Waals surface area contributed by atoms with E-state index < -0.39 is 36.0 Å². The van der Waals surface area contributed by atoms with Gasteiger partial charge in [-0.25, -0.2) is 14.4 Å². The number of amides is 2. The van der Waals surface area contributed by atoms with Crippen LogP contribution in [0.25, 0.3) is 0 Å². The maximum Gasteiger partial charge on any atom is 0.328 e. The fourth-order valence-corrected chi connectivity index (χ4v) is 2.25. The van der Waals surface area contributed by atoms with Gasteiger partial charge in [-0.1, -0.05) is 40.0 Å². The van der Waals surface area contributed by atoms with Gasteiger partial charge in [-0.15, -0.1) is 0 Å². The number of carboxylic acid groups (broad SMARTS) is 1. The van der Waals surface area contributed by atoms with Gasteiger partial charge in [0.2, 0.25) is 0 Å². The van der Waals surface area contributed by atoms with Crippen molar-refractivity contribution in [2.75, 3.05) is 13.2 Å². The van der Waals surface area contributed by atoms with Crippen molar-refractivity contribution in [3.8, 4) is 0 Å². The predicted molar refractivity (Wildman–Crippen MR) is 103 cm³/mol. The van der Waals surface area contributed by atoms with E-state index in [0.29, 0.717) is 19.3 Å². The maximum absolute atomic E-state index is 12.3. The first-order chi connectivity index (χ1) is 13.3. The fourth-order valence-electron chi connectivity index (χ4n) is 2.25. The Morgan fingerprint density at radius 2 is 1.25 bits per heavy atom. The lowest BCUT2D eigenvalue weighted by molar-refractivity contribution is -0.146. The molecule has 9 nitrogen and oxygen atoms in total. The topological polar surface area (TPSA) is 131 Å². The molecule has 2 amide bonds. The average Bonchev–Trinajstić information content (AvgIpc) is 2.64. The molecule has 162 valence electrons. The lowest BCUT2D eigenvalue weighted by atomic mass is 10.1. The van der Waals surface area contributed by atoms with Crippen molar-refractivity contribution in [3.05, 3.63) is 0 Å². The number of unbranched alkanes of at least 4 members (excludes halogenated alkanes) is 2. The molecular formula is C19H34N2O7. The van der Waals surface area contributed by atoms with E-state index in [1.54, 1.807) is 0 Å². The lowest BCUT2D eigenvalue weighted by Gasteiger charge is -2.21. The number of urea groups is 1. The van der Waals surface area contributed by atoms with Crippen LogP contribution in [0.2, 0.25) is 0 Å². The second-order valence-electron chi connectivity index (χ2n) is 6.49. The maximum atomic E-state index is 12.3. The van der Waals surface area contributed by atoms with Crippen molar-refractivity contribution < 1.29 is 33.8 Å². The van der Waals surface area contributed by atoms with Crippen LogP contribution in [0.4, 0.5) is 4.79 Å². The zero-order valence-corrected chi connectivity index (χ0v) is 17.1. The molecule has 0 aromatic heterocycles. The summed E-state index contributed by atoms with van der Waals surface area (Å²) in [7, 11) is 0. The van der Waals surface area contributed by atoms with Gasteiger partial charge in [0.15, 0.2) is 0 Å². The molecule has 0 saturated heterocycles. The normalized spacial score (nSPS) is 12.5. The number of rotatable bonds is 15. The van der Waals surface area contributed by atoms with E-state index in [2.05, 4.69) is 10.6 Å². The molecular weight excluding hydrogens is 368 g/mol. The molecule has 0 bridgehead atoms. The highest BCUT2D eigenvalue weighted by Crippen LogP contribution is 2.04. The number of carbonyl (C=O) groups is 4. The minimum absolute atomic E-state index is 0.104. The van der Waals surface area contributed by atoms with Crippen LogP contribution in [-0.4, -0.2) is 54.3 Å². The van der Waals surface area contributed by atoms with Crippen molar-refractivity contribution in [1.82, 2.24) is 10.6 Å². The molecule has 0 saturated carbocycles. The van der Waals surface area contributed by atoms with Gasteiger partial charge < -0.3 is 25.2 Å². The van der Waals surface area contributed by atoms with E-state index in [-0.39, 0.29) is 26.1 Å². The van der Waals surface area contributed by atoms with Crippen molar-refractivity contribution in [3.63, 3.8) is 0 Å². The van der Waals surface area contributed by atoms with E-state index in [1.165, 1.54) is 0 Å². The highest BCUT2D eigenvalue weighted by Gasteiger charge is 2.26. The number of carbonyl (C=O) groups excluding carboxylic acids is 3. The van der Waals surface area contributed by atoms with Gasteiger partial charge in [-0.3, -0.25) is 4.79 Å². The second-order valence-corrected chi connectivity index (χ2v) is 6.49. The van der Waals surface area contributed by atoms with Crippen LogP contribution < -0.4 is 10.6 Å². The Morgan fingerprint density at radius 3 is 1.64 bits per heavy atom. The molecule has 28 heavy (non-hydrogen) atoms. The Morgan fingerprint density at radius 1 is 0.786 bits per heavy atom. The van der Waals surface area contributed by atoms with E-state index >= 15 is 0 Å². The first-order valence-electron chi connectivity index (χ1n) is 9.97. The SMILES string of the molecule is CCCCOC(=O)[C@H](CCC)NC(=O)N[C@@H](CCC(=O)O)C(=O)OCCCC. The number of hydrogen-bond donors (Lipinski definition) is 3. The van der Waals surface area contributed by atoms with Gasteiger partial charge in [0.05, 0.1) is 13.2 Å². The van der Waals surface area contributed by atoms with Crippen LogP contribution in [-0.2, 0) is 23.9 Å². The van der Waals surface area contributed by atoms with E-state index in [4.69, 9.17) is 14.6 Å². The fraction of sp³-hybridized carbons (Fsp3) is 0.789. The number of nitrogens with one attached hydrogen (secondary N) is 2. The molecule has 0 radical (unpaired) electrons. The zero-order valence-electron chi connectivity index (χ0n) is 17.1. The van der Waals surface area contributed by atoms with Crippen molar-refractivity contribution >= 4 is 23.9 Å². The minimum Gasteiger partial charge on any atom is -0.481 e. The molecule has 0 aromatic carbocycles. The monoisotopic (exact) mass is 402 g/mol. The minimum atomic E-state index is -1.11. The molecule has 0 rings (SSSR count). The van der Waals surface area contributed by atoms with Gasteiger partial charge >= 0.3 is 23.9 Å². The van der Waals surface area contributed by atoms with E-state index in [0.717, 1.165) is 19.3 Å². The summed E-state index contributed by atoms with van der Waals surface area (Å²) in [5.74, 6) is -2.31. The Labute approximate surface area is 166 Å². The lowest BCUT2D eigenvalue weighted by Crippen LogP contribution is -2.51. The van der Waals surface area contributed by atoms with Crippen LogP contribution in [0, 0.1) is 0 Å². The first-order valence-corrected chi connectivity index (χ1v) is 9.97. The number of aliphatic carboxylic acids is 1. The Hall–Kier alpha value is -2.32. The highest BCUT2D eigenvalue weighted by atomic mass is 16.5.